The summed E-state index contributed by atoms with van der Waals surface area (Å²) in [5, 5.41) is 3.05. The average Bonchev–Trinajstić information content (AvgIpc) is 2.67. The van der Waals surface area contributed by atoms with Gasteiger partial charge < -0.3 is 15.1 Å². The maximum absolute atomic E-state index is 12.1. The summed E-state index contributed by atoms with van der Waals surface area (Å²) < 4.78 is 0. The Bertz CT molecular complexity index is 641. The molecule has 0 radical (unpaired) electrons. The van der Waals surface area contributed by atoms with Gasteiger partial charge in [-0.3, -0.25) is 4.79 Å². The van der Waals surface area contributed by atoms with Gasteiger partial charge in [-0.1, -0.05) is 30.3 Å². The van der Waals surface area contributed by atoms with E-state index in [2.05, 4.69) is 44.5 Å². The predicted molar refractivity (Wildman–Crippen MR) is 97.6 cm³/mol. The monoisotopic (exact) mass is 340 g/mol. The van der Waals surface area contributed by atoms with Gasteiger partial charge in [-0.05, 0) is 24.5 Å². The van der Waals surface area contributed by atoms with E-state index in [1.807, 2.05) is 12.1 Å². The number of nitrogens with one attached hydrogen (secondary N) is 2. The number of hydrogen-bond donors (Lipinski definition) is 2. The Labute approximate surface area is 148 Å². The maximum Gasteiger partial charge on any atom is 0.275 e. The van der Waals surface area contributed by atoms with Crippen LogP contribution in [0.5, 0.6) is 0 Å². The van der Waals surface area contributed by atoms with Gasteiger partial charge in [-0.15, -0.1) is 0 Å². The molecule has 6 nitrogen and oxygen atoms in total. The Morgan fingerprint density at radius 1 is 1.08 bits per heavy atom. The molecule has 1 aliphatic heterocycles. The number of piperazine rings is 1. The molecule has 1 fully saturated rings. The second kappa shape index (κ2) is 9.13. The number of rotatable bonds is 7. The molecule has 2 heterocycles. The van der Waals surface area contributed by atoms with Crippen molar-refractivity contribution in [3.05, 3.63) is 54.4 Å². The van der Waals surface area contributed by atoms with Crippen LogP contribution < -0.4 is 15.1 Å². The standard InChI is InChI=1S/C19H25N5O/c25-18(20-9-4-8-17-6-2-1-3-7-17)16-23-12-14-24(15-13-23)19-21-10-5-11-22-19/h1-3,5-7,10-11H,4,8-9,12-16H2,(H,20,25)/p+1. The van der Waals surface area contributed by atoms with Crippen molar-refractivity contribution in [3.63, 3.8) is 0 Å². The number of amides is 1. The number of hydrogen-bond acceptors (Lipinski definition) is 4. The number of carbonyl (C=O) groups is 1. The minimum Gasteiger partial charge on any atom is -0.351 e. The summed E-state index contributed by atoms with van der Waals surface area (Å²) in [5.74, 6) is 0.930. The van der Waals surface area contributed by atoms with Crippen LogP contribution in [-0.4, -0.2) is 55.1 Å². The molecule has 0 unspecified atom stereocenters. The van der Waals surface area contributed by atoms with Gasteiger partial charge in [-0.2, -0.15) is 0 Å². The Morgan fingerprint density at radius 2 is 1.80 bits per heavy atom. The zero-order valence-corrected chi connectivity index (χ0v) is 14.5. The fourth-order valence-corrected chi connectivity index (χ4v) is 3.11. The van der Waals surface area contributed by atoms with Gasteiger partial charge in [0.15, 0.2) is 6.54 Å². The van der Waals surface area contributed by atoms with Gasteiger partial charge in [0.05, 0.1) is 26.2 Å². The Morgan fingerprint density at radius 3 is 2.52 bits per heavy atom. The lowest BCUT2D eigenvalue weighted by Crippen LogP contribution is -3.16. The van der Waals surface area contributed by atoms with Crippen molar-refractivity contribution in [1.82, 2.24) is 15.3 Å². The molecule has 2 aromatic rings. The van der Waals surface area contributed by atoms with Crippen molar-refractivity contribution in [3.8, 4) is 0 Å². The number of aromatic nitrogens is 2. The molecule has 0 saturated carbocycles. The van der Waals surface area contributed by atoms with Gasteiger partial charge in [0.25, 0.3) is 5.91 Å². The van der Waals surface area contributed by atoms with Crippen LogP contribution >= 0.6 is 0 Å². The van der Waals surface area contributed by atoms with E-state index in [1.54, 1.807) is 12.4 Å². The van der Waals surface area contributed by atoms with Crippen molar-refractivity contribution in [2.24, 2.45) is 0 Å². The first-order valence-electron chi connectivity index (χ1n) is 8.97. The van der Waals surface area contributed by atoms with Gasteiger partial charge in [0.1, 0.15) is 0 Å². The number of anilines is 1. The molecular formula is C19H26N5O+. The summed E-state index contributed by atoms with van der Waals surface area (Å²) in [6, 6.07) is 12.2. The van der Waals surface area contributed by atoms with E-state index in [9.17, 15) is 4.79 Å². The van der Waals surface area contributed by atoms with Crippen LogP contribution in [0.15, 0.2) is 48.8 Å². The number of aryl methyl sites for hydroxylation is 1. The van der Waals surface area contributed by atoms with Crippen molar-refractivity contribution in [2.75, 3.05) is 44.2 Å². The van der Waals surface area contributed by atoms with Crippen molar-refractivity contribution in [1.29, 1.82) is 0 Å². The minimum atomic E-state index is 0.146. The summed E-state index contributed by atoms with van der Waals surface area (Å²) in [7, 11) is 0. The molecule has 1 aromatic heterocycles. The zero-order chi connectivity index (χ0) is 17.3. The van der Waals surface area contributed by atoms with E-state index in [-0.39, 0.29) is 5.91 Å². The van der Waals surface area contributed by atoms with Gasteiger partial charge in [0, 0.05) is 18.9 Å². The molecule has 3 rings (SSSR count). The minimum absolute atomic E-state index is 0.146. The van der Waals surface area contributed by atoms with Crippen molar-refractivity contribution >= 4 is 11.9 Å². The summed E-state index contributed by atoms with van der Waals surface area (Å²) in [6.45, 7) is 4.95. The van der Waals surface area contributed by atoms with Crippen LogP contribution in [0.2, 0.25) is 0 Å². The molecule has 6 heteroatoms. The molecule has 0 spiro atoms. The zero-order valence-electron chi connectivity index (χ0n) is 14.5. The van der Waals surface area contributed by atoms with Crippen molar-refractivity contribution in [2.45, 2.75) is 12.8 Å². The van der Waals surface area contributed by atoms with Crippen LogP contribution in [0.3, 0.4) is 0 Å². The fourth-order valence-electron chi connectivity index (χ4n) is 3.11. The maximum atomic E-state index is 12.1. The average molecular weight is 340 g/mol. The van der Waals surface area contributed by atoms with Gasteiger partial charge in [-0.25, -0.2) is 9.97 Å². The molecule has 25 heavy (non-hydrogen) atoms. The highest BCUT2D eigenvalue weighted by Gasteiger charge is 2.23. The second-order valence-electron chi connectivity index (χ2n) is 6.40. The summed E-state index contributed by atoms with van der Waals surface area (Å²) in [6.07, 6.45) is 5.52. The molecule has 1 aromatic carbocycles. The normalized spacial score (nSPS) is 15.1. The molecule has 0 bridgehead atoms. The highest BCUT2D eigenvalue weighted by molar-refractivity contribution is 5.76. The Balaban J connectivity index is 1.31. The van der Waals surface area contributed by atoms with Crippen LogP contribution in [0.4, 0.5) is 5.95 Å². The first-order chi connectivity index (χ1) is 12.3. The van der Waals surface area contributed by atoms with Gasteiger partial charge in [0.2, 0.25) is 5.95 Å². The fraction of sp³-hybridized carbons (Fsp3) is 0.421. The topological polar surface area (TPSA) is 62.6 Å². The Hall–Kier alpha value is -2.47. The quantitative estimate of drug-likeness (QED) is 0.693. The first-order valence-corrected chi connectivity index (χ1v) is 8.97. The van der Waals surface area contributed by atoms with Gasteiger partial charge >= 0.3 is 0 Å². The predicted octanol–water partition coefficient (Wildman–Crippen LogP) is -0.0695. The highest BCUT2D eigenvalue weighted by Crippen LogP contribution is 2.04. The van der Waals surface area contributed by atoms with Crippen molar-refractivity contribution < 1.29 is 9.69 Å². The summed E-state index contributed by atoms with van der Waals surface area (Å²) in [4.78, 5) is 24.2. The van der Waals surface area contributed by atoms with E-state index >= 15 is 0 Å². The molecular weight excluding hydrogens is 314 g/mol. The Kier molecular flexibility index (Phi) is 6.34. The molecule has 0 atom stereocenters. The third-order valence-electron chi connectivity index (χ3n) is 4.52. The first kappa shape index (κ1) is 17.4. The molecule has 0 aliphatic carbocycles. The summed E-state index contributed by atoms with van der Waals surface area (Å²) in [5.41, 5.74) is 1.32. The number of quaternary nitrogens is 1. The number of carbonyl (C=O) groups excluding carboxylic acids is 1. The van der Waals surface area contributed by atoms with Crippen LogP contribution in [0, 0.1) is 0 Å². The lowest BCUT2D eigenvalue weighted by Gasteiger charge is -2.31. The van der Waals surface area contributed by atoms with Crippen LogP contribution in [-0.2, 0) is 11.2 Å². The third kappa shape index (κ3) is 5.53. The van der Waals surface area contributed by atoms with Crippen LogP contribution in [0.25, 0.3) is 0 Å². The highest BCUT2D eigenvalue weighted by atomic mass is 16.2. The molecule has 1 saturated heterocycles. The largest absolute Gasteiger partial charge is 0.351 e. The lowest BCUT2D eigenvalue weighted by atomic mass is 10.1. The van der Waals surface area contributed by atoms with E-state index in [0.717, 1.165) is 51.5 Å². The molecule has 1 aliphatic rings. The SMILES string of the molecule is O=C(C[NH+]1CCN(c2ncccn2)CC1)NCCCc1ccccc1. The molecule has 132 valence electrons. The number of benzene rings is 1. The lowest BCUT2D eigenvalue weighted by molar-refractivity contribution is -0.892. The smallest absolute Gasteiger partial charge is 0.275 e. The third-order valence-corrected chi connectivity index (χ3v) is 4.52. The van der Waals surface area contributed by atoms with E-state index in [0.29, 0.717) is 6.54 Å². The second-order valence-corrected chi connectivity index (χ2v) is 6.40. The molecule has 2 N–H and O–H groups in total. The molecule has 1 amide bonds. The van der Waals surface area contributed by atoms with E-state index in [4.69, 9.17) is 0 Å². The number of nitrogens with zero attached hydrogens (tertiary/aromatic N) is 3. The van der Waals surface area contributed by atoms with E-state index < -0.39 is 0 Å². The summed E-state index contributed by atoms with van der Waals surface area (Å²) >= 11 is 0. The van der Waals surface area contributed by atoms with Crippen LogP contribution in [0.1, 0.15) is 12.0 Å². The van der Waals surface area contributed by atoms with E-state index in [1.165, 1.54) is 10.5 Å².